The Morgan fingerprint density at radius 2 is 1.58 bits per heavy atom. The number of methoxy groups -OCH3 is 1. The summed E-state index contributed by atoms with van der Waals surface area (Å²) in [7, 11) is 1.46. The van der Waals surface area contributed by atoms with Gasteiger partial charge in [0.2, 0.25) is 0 Å². The van der Waals surface area contributed by atoms with Gasteiger partial charge in [0.1, 0.15) is 5.75 Å². The van der Waals surface area contributed by atoms with Crippen molar-refractivity contribution >= 4 is 29.3 Å². The van der Waals surface area contributed by atoms with Gasteiger partial charge in [-0.1, -0.05) is 26.0 Å². The van der Waals surface area contributed by atoms with Gasteiger partial charge >= 0.3 is 17.8 Å². The Labute approximate surface area is 191 Å². The summed E-state index contributed by atoms with van der Waals surface area (Å²) < 4.78 is 16.5. The van der Waals surface area contributed by atoms with Crippen LogP contribution in [0, 0.1) is 0 Å². The number of benzene rings is 2. The van der Waals surface area contributed by atoms with E-state index in [1.165, 1.54) is 25.3 Å². The number of hydrogen-bond donors (Lipinski definition) is 0. The molecule has 0 spiro atoms. The molecule has 2 aromatic rings. The van der Waals surface area contributed by atoms with Gasteiger partial charge in [0.05, 0.1) is 32.6 Å². The van der Waals surface area contributed by atoms with Gasteiger partial charge in [-0.05, 0) is 37.1 Å². The molecular formula is C24H26N2O7. The molecule has 33 heavy (non-hydrogen) atoms. The Hall–Kier alpha value is -3.88. The maximum absolute atomic E-state index is 13.0. The smallest absolute Gasteiger partial charge is 0.339 e. The molecule has 1 aliphatic rings. The average Bonchev–Trinajstić information content (AvgIpc) is 3.04. The number of nitrogens with zero attached hydrogens (tertiary/aromatic N) is 2. The molecule has 9 nitrogen and oxygen atoms in total. The van der Waals surface area contributed by atoms with Crippen LogP contribution < -0.4 is 19.1 Å². The molecule has 1 saturated heterocycles. The summed E-state index contributed by atoms with van der Waals surface area (Å²) in [5, 5.41) is 0. The van der Waals surface area contributed by atoms with Crippen LogP contribution in [0.4, 0.5) is 10.5 Å². The fourth-order valence-electron chi connectivity index (χ4n) is 3.20. The van der Waals surface area contributed by atoms with Crippen LogP contribution in [0.25, 0.3) is 0 Å². The molecule has 4 amide bonds. The van der Waals surface area contributed by atoms with Crippen molar-refractivity contribution in [2.75, 3.05) is 31.8 Å². The molecule has 3 rings (SSSR count). The predicted molar refractivity (Wildman–Crippen MR) is 120 cm³/mol. The zero-order valence-corrected chi connectivity index (χ0v) is 18.8. The van der Waals surface area contributed by atoms with Crippen LogP contribution in [0.5, 0.6) is 17.2 Å². The van der Waals surface area contributed by atoms with E-state index in [4.69, 9.17) is 14.2 Å². The van der Waals surface area contributed by atoms with Gasteiger partial charge in [-0.15, -0.1) is 0 Å². The van der Waals surface area contributed by atoms with Gasteiger partial charge < -0.3 is 14.2 Å². The lowest BCUT2D eigenvalue weighted by Crippen LogP contribution is -2.37. The monoisotopic (exact) mass is 454 g/mol. The maximum Gasteiger partial charge on any atom is 0.339 e. The lowest BCUT2D eigenvalue weighted by Gasteiger charge is -2.18. The molecule has 2 aromatic carbocycles. The molecule has 0 saturated carbocycles. The number of urea groups is 1. The third kappa shape index (κ3) is 5.14. The molecule has 1 heterocycles. The molecule has 9 heteroatoms. The van der Waals surface area contributed by atoms with E-state index in [1.807, 2.05) is 13.8 Å². The topological polar surface area (TPSA) is 102 Å². The number of ketones is 1. The zero-order chi connectivity index (χ0) is 24.0. The number of anilines is 1. The molecule has 0 radical (unpaired) electrons. The van der Waals surface area contributed by atoms with E-state index in [9.17, 15) is 19.2 Å². The van der Waals surface area contributed by atoms with Gasteiger partial charge in [0.25, 0.3) is 0 Å². The van der Waals surface area contributed by atoms with E-state index in [0.29, 0.717) is 35.4 Å². The number of imide groups is 2. The van der Waals surface area contributed by atoms with Gasteiger partial charge in [-0.3, -0.25) is 14.4 Å². The SMILES string of the molecule is CCCOc1ccc(N2C(=O)C(=O)N(CC(=O)c3cccc(OC)c3)C2=O)cc1OCCC. The first-order chi connectivity index (χ1) is 15.9. The predicted octanol–water partition coefficient (Wildman–Crippen LogP) is 3.45. The van der Waals surface area contributed by atoms with E-state index in [-0.39, 0.29) is 11.3 Å². The van der Waals surface area contributed by atoms with Crippen LogP contribution >= 0.6 is 0 Å². The molecule has 0 atom stereocenters. The van der Waals surface area contributed by atoms with E-state index in [0.717, 1.165) is 17.7 Å². The third-order valence-corrected chi connectivity index (χ3v) is 4.86. The quantitative estimate of drug-likeness (QED) is 0.291. The first-order valence-corrected chi connectivity index (χ1v) is 10.7. The second-order valence-electron chi connectivity index (χ2n) is 7.30. The Morgan fingerprint density at radius 3 is 2.24 bits per heavy atom. The van der Waals surface area contributed by atoms with Crippen LogP contribution in [0.1, 0.15) is 37.0 Å². The number of rotatable bonds is 11. The number of hydrogen-bond acceptors (Lipinski definition) is 7. The first-order valence-electron chi connectivity index (χ1n) is 10.7. The normalized spacial score (nSPS) is 13.5. The number of Topliss-reactive ketones (excluding diaryl/α,β-unsaturated/α-hetero) is 1. The highest BCUT2D eigenvalue weighted by Crippen LogP contribution is 2.34. The minimum Gasteiger partial charge on any atom is -0.497 e. The minimum absolute atomic E-state index is 0.157. The molecule has 0 aromatic heterocycles. The number of amides is 4. The summed E-state index contributed by atoms with van der Waals surface area (Å²) in [6.45, 7) is 4.23. The molecule has 1 aliphatic heterocycles. The highest BCUT2D eigenvalue weighted by molar-refractivity contribution is 6.53. The summed E-state index contributed by atoms with van der Waals surface area (Å²) in [6, 6.07) is 10.0. The summed E-state index contributed by atoms with van der Waals surface area (Å²) in [5.74, 6) is -1.31. The van der Waals surface area contributed by atoms with Crippen LogP contribution in [-0.2, 0) is 9.59 Å². The Balaban J connectivity index is 1.84. The highest BCUT2D eigenvalue weighted by Gasteiger charge is 2.46. The molecular weight excluding hydrogens is 428 g/mol. The average molecular weight is 454 g/mol. The van der Waals surface area contributed by atoms with Gasteiger partial charge in [-0.2, -0.15) is 0 Å². The number of carbonyl (C=O) groups is 4. The highest BCUT2D eigenvalue weighted by atomic mass is 16.5. The van der Waals surface area contributed by atoms with Crippen molar-refractivity contribution in [2.45, 2.75) is 26.7 Å². The largest absolute Gasteiger partial charge is 0.497 e. The zero-order valence-electron chi connectivity index (χ0n) is 18.8. The second kappa shape index (κ2) is 10.6. The lowest BCUT2D eigenvalue weighted by atomic mass is 10.1. The standard InChI is InChI=1S/C24H26N2O7/c1-4-11-32-20-10-9-17(14-21(20)33-12-5-2)26-23(29)22(28)25(24(26)30)15-19(27)16-7-6-8-18(13-16)31-3/h6-10,13-14H,4-5,11-12,15H2,1-3H3. The molecule has 0 unspecified atom stereocenters. The first kappa shape index (κ1) is 23.8. The van der Waals surface area contributed by atoms with Crippen molar-refractivity contribution < 1.29 is 33.4 Å². The molecule has 0 bridgehead atoms. The number of carbonyl (C=O) groups excluding carboxylic acids is 4. The van der Waals surface area contributed by atoms with Crippen molar-refractivity contribution in [3.05, 3.63) is 48.0 Å². The van der Waals surface area contributed by atoms with Crippen LogP contribution in [0.3, 0.4) is 0 Å². The summed E-state index contributed by atoms with van der Waals surface area (Å²) in [4.78, 5) is 52.2. The maximum atomic E-state index is 13.0. The number of ether oxygens (including phenoxy) is 3. The van der Waals surface area contributed by atoms with Crippen molar-refractivity contribution in [1.29, 1.82) is 0 Å². The molecule has 174 valence electrons. The third-order valence-electron chi connectivity index (χ3n) is 4.86. The van der Waals surface area contributed by atoms with Gasteiger partial charge in [0.15, 0.2) is 17.3 Å². The van der Waals surface area contributed by atoms with Crippen molar-refractivity contribution in [1.82, 2.24) is 4.90 Å². The Morgan fingerprint density at radius 1 is 0.879 bits per heavy atom. The fourth-order valence-corrected chi connectivity index (χ4v) is 3.20. The Kier molecular flexibility index (Phi) is 7.66. The van der Waals surface area contributed by atoms with Crippen molar-refractivity contribution in [3.63, 3.8) is 0 Å². The Bertz CT molecular complexity index is 1070. The summed E-state index contributed by atoms with van der Waals surface area (Å²) in [6.07, 6.45) is 1.54. The molecule has 0 aliphatic carbocycles. The van der Waals surface area contributed by atoms with E-state index >= 15 is 0 Å². The van der Waals surface area contributed by atoms with Crippen LogP contribution in [0.15, 0.2) is 42.5 Å². The van der Waals surface area contributed by atoms with Crippen molar-refractivity contribution in [3.8, 4) is 17.2 Å². The fraction of sp³-hybridized carbons (Fsp3) is 0.333. The van der Waals surface area contributed by atoms with E-state index in [2.05, 4.69) is 0 Å². The van der Waals surface area contributed by atoms with E-state index < -0.39 is 30.2 Å². The summed E-state index contributed by atoms with van der Waals surface area (Å²) in [5.41, 5.74) is 0.415. The van der Waals surface area contributed by atoms with Gasteiger partial charge in [-0.25, -0.2) is 14.6 Å². The lowest BCUT2D eigenvalue weighted by molar-refractivity contribution is -0.139. The van der Waals surface area contributed by atoms with Crippen LogP contribution in [0.2, 0.25) is 0 Å². The molecule has 1 fully saturated rings. The second-order valence-corrected chi connectivity index (χ2v) is 7.30. The van der Waals surface area contributed by atoms with Crippen LogP contribution in [-0.4, -0.2) is 55.4 Å². The van der Waals surface area contributed by atoms with E-state index in [1.54, 1.807) is 24.3 Å². The van der Waals surface area contributed by atoms with Gasteiger partial charge in [0, 0.05) is 11.6 Å². The molecule has 0 N–H and O–H groups in total. The summed E-state index contributed by atoms with van der Waals surface area (Å²) >= 11 is 0. The van der Waals surface area contributed by atoms with Crippen molar-refractivity contribution in [2.24, 2.45) is 0 Å². The minimum atomic E-state index is -1.07.